The number of para-hydroxylation sites is 1. The van der Waals surface area contributed by atoms with Crippen molar-refractivity contribution >= 4 is 17.7 Å². The number of nitrogens with one attached hydrogen (secondary N) is 1. The third-order valence-corrected chi connectivity index (χ3v) is 4.53. The highest BCUT2D eigenvalue weighted by Crippen LogP contribution is 2.23. The van der Waals surface area contributed by atoms with Crippen LogP contribution in [0.2, 0.25) is 0 Å². The smallest absolute Gasteiger partial charge is 0.267 e. The average molecular weight is 355 g/mol. The second kappa shape index (κ2) is 8.60. The van der Waals surface area contributed by atoms with Gasteiger partial charge in [0.2, 0.25) is 0 Å². The van der Waals surface area contributed by atoms with Crippen LogP contribution in [0.15, 0.2) is 54.6 Å². The zero-order valence-corrected chi connectivity index (χ0v) is 14.4. The van der Waals surface area contributed by atoms with Gasteiger partial charge in [-0.05, 0) is 23.8 Å². The number of benzene rings is 2. The van der Waals surface area contributed by atoms with Gasteiger partial charge in [0.25, 0.3) is 5.91 Å². The standard InChI is InChI=1S/C20H22FN3O2/c21-18-7-3-1-6-17(18)15-23-11-13-24(14-12-23)19-8-4-2-5-16(19)9-10-20(25)22-26/h1-10,26H,11-15H2,(H,22,25)/b10-9+. The van der Waals surface area contributed by atoms with Crippen LogP contribution in [0.4, 0.5) is 10.1 Å². The summed E-state index contributed by atoms with van der Waals surface area (Å²) < 4.78 is 13.8. The van der Waals surface area contributed by atoms with E-state index in [4.69, 9.17) is 5.21 Å². The van der Waals surface area contributed by atoms with E-state index >= 15 is 0 Å². The second-order valence-electron chi connectivity index (χ2n) is 6.22. The van der Waals surface area contributed by atoms with E-state index in [1.165, 1.54) is 12.1 Å². The number of rotatable bonds is 5. The molecular formula is C20H22FN3O2. The summed E-state index contributed by atoms with van der Waals surface area (Å²) in [4.78, 5) is 15.7. The van der Waals surface area contributed by atoms with Crippen molar-refractivity contribution in [2.24, 2.45) is 0 Å². The maximum atomic E-state index is 13.8. The van der Waals surface area contributed by atoms with Gasteiger partial charge in [-0.2, -0.15) is 0 Å². The molecule has 136 valence electrons. The minimum atomic E-state index is -0.561. The maximum Gasteiger partial charge on any atom is 0.267 e. The summed E-state index contributed by atoms with van der Waals surface area (Å²) in [5.74, 6) is -0.720. The number of carbonyl (C=O) groups excluding carboxylic acids is 1. The predicted molar refractivity (Wildman–Crippen MR) is 99.3 cm³/mol. The van der Waals surface area contributed by atoms with E-state index in [2.05, 4.69) is 9.80 Å². The molecule has 6 heteroatoms. The highest BCUT2D eigenvalue weighted by atomic mass is 19.1. The number of amides is 1. The Morgan fingerprint density at radius 1 is 1.08 bits per heavy atom. The maximum absolute atomic E-state index is 13.8. The first kappa shape index (κ1) is 18.1. The number of nitrogens with zero attached hydrogens (tertiary/aromatic N) is 2. The molecular weight excluding hydrogens is 333 g/mol. The summed E-state index contributed by atoms with van der Waals surface area (Å²) in [6.45, 7) is 3.93. The van der Waals surface area contributed by atoms with Gasteiger partial charge in [0, 0.05) is 50.1 Å². The molecule has 2 N–H and O–H groups in total. The number of hydrogen-bond donors (Lipinski definition) is 2. The molecule has 1 amide bonds. The van der Waals surface area contributed by atoms with E-state index in [0.29, 0.717) is 6.54 Å². The third kappa shape index (κ3) is 4.47. The minimum Gasteiger partial charge on any atom is -0.368 e. The molecule has 0 bridgehead atoms. The van der Waals surface area contributed by atoms with Crippen LogP contribution in [-0.2, 0) is 11.3 Å². The van der Waals surface area contributed by atoms with Gasteiger partial charge in [-0.1, -0.05) is 36.4 Å². The van der Waals surface area contributed by atoms with E-state index in [9.17, 15) is 9.18 Å². The fraction of sp³-hybridized carbons (Fsp3) is 0.250. The van der Waals surface area contributed by atoms with Crippen LogP contribution in [0.1, 0.15) is 11.1 Å². The van der Waals surface area contributed by atoms with Crippen LogP contribution in [0.5, 0.6) is 0 Å². The lowest BCUT2D eigenvalue weighted by molar-refractivity contribution is -0.124. The second-order valence-corrected chi connectivity index (χ2v) is 6.22. The predicted octanol–water partition coefficient (Wildman–Crippen LogP) is 2.67. The first-order chi connectivity index (χ1) is 12.7. The van der Waals surface area contributed by atoms with E-state index in [1.807, 2.05) is 36.4 Å². The van der Waals surface area contributed by atoms with E-state index in [1.54, 1.807) is 17.6 Å². The summed E-state index contributed by atoms with van der Waals surface area (Å²) in [6.07, 6.45) is 2.99. The largest absolute Gasteiger partial charge is 0.368 e. The molecule has 0 spiro atoms. The number of piperazine rings is 1. The van der Waals surface area contributed by atoms with Crippen molar-refractivity contribution in [1.82, 2.24) is 10.4 Å². The summed E-state index contributed by atoms with van der Waals surface area (Å²) in [5.41, 5.74) is 4.27. The number of halogens is 1. The van der Waals surface area contributed by atoms with Crippen LogP contribution in [-0.4, -0.2) is 42.2 Å². The zero-order chi connectivity index (χ0) is 18.4. The first-order valence-corrected chi connectivity index (χ1v) is 8.59. The number of carbonyl (C=O) groups is 1. The Morgan fingerprint density at radius 2 is 1.77 bits per heavy atom. The number of hydroxylamine groups is 1. The van der Waals surface area contributed by atoms with Crippen molar-refractivity contribution in [2.75, 3.05) is 31.1 Å². The van der Waals surface area contributed by atoms with E-state index in [-0.39, 0.29) is 5.82 Å². The highest BCUT2D eigenvalue weighted by Gasteiger charge is 2.19. The normalized spacial score (nSPS) is 15.4. The van der Waals surface area contributed by atoms with E-state index in [0.717, 1.165) is 43.0 Å². The quantitative estimate of drug-likeness (QED) is 0.492. The van der Waals surface area contributed by atoms with Crippen molar-refractivity contribution in [2.45, 2.75) is 6.54 Å². The summed E-state index contributed by atoms with van der Waals surface area (Å²) in [7, 11) is 0. The van der Waals surface area contributed by atoms with Gasteiger partial charge >= 0.3 is 0 Å². The molecule has 0 saturated carbocycles. The molecule has 1 heterocycles. The topological polar surface area (TPSA) is 55.8 Å². The fourth-order valence-corrected chi connectivity index (χ4v) is 3.13. The minimum absolute atomic E-state index is 0.160. The van der Waals surface area contributed by atoms with Crippen molar-refractivity contribution in [3.05, 3.63) is 71.6 Å². The molecule has 0 unspecified atom stereocenters. The summed E-state index contributed by atoms with van der Waals surface area (Å²) in [5, 5.41) is 8.61. The van der Waals surface area contributed by atoms with Gasteiger partial charge in [-0.3, -0.25) is 14.9 Å². The first-order valence-electron chi connectivity index (χ1n) is 8.59. The molecule has 0 aromatic heterocycles. The lowest BCUT2D eigenvalue weighted by atomic mass is 10.1. The lowest BCUT2D eigenvalue weighted by Gasteiger charge is -2.36. The molecule has 0 radical (unpaired) electrons. The fourth-order valence-electron chi connectivity index (χ4n) is 3.13. The van der Waals surface area contributed by atoms with Crippen molar-refractivity contribution in [3.8, 4) is 0 Å². The third-order valence-electron chi connectivity index (χ3n) is 4.53. The van der Waals surface area contributed by atoms with Gasteiger partial charge in [-0.25, -0.2) is 9.87 Å². The molecule has 1 aliphatic heterocycles. The van der Waals surface area contributed by atoms with Gasteiger partial charge in [-0.15, -0.1) is 0 Å². The summed E-state index contributed by atoms with van der Waals surface area (Å²) in [6, 6.07) is 14.7. The Labute approximate surface area is 152 Å². The highest BCUT2D eigenvalue weighted by molar-refractivity contribution is 5.91. The molecule has 2 aromatic rings. The number of anilines is 1. The van der Waals surface area contributed by atoms with E-state index < -0.39 is 5.91 Å². The monoisotopic (exact) mass is 355 g/mol. The van der Waals surface area contributed by atoms with Crippen LogP contribution in [0.25, 0.3) is 6.08 Å². The molecule has 1 aliphatic rings. The van der Waals surface area contributed by atoms with Gasteiger partial charge in [0.05, 0.1) is 0 Å². The Kier molecular flexibility index (Phi) is 5.99. The molecule has 0 atom stereocenters. The van der Waals surface area contributed by atoms with Crippen LogP contribution in [0, 0.1) is 5.82 Å². The molecule has 5 nitrogen and oxygen atoms in total. The lowest BCUT2D eigenvalue weighted by Crippen LogP contribution is -2.46. The molecule has 3 rings (SSSR count). The number of hydrogen-bond acceptors (Lipinski definition) is 4. The Morgan fingerprint density at radius 3 is 2.50 bits per heavy atom. The Balaban J connectivity index is 1.64. The molecule has 1 saturated heterocycles. The van der Waals surface area contributed by atoms with Crippen LogP contribution < -0.4 is 10.4 Å². The van der Waals surface area contributed by atoms with Crippen molar-refractivity contribution < 1.29 is 14.4 Å². The van der Waals surface area contributed by atoms with Crippen molar-refractivity contribution in [3.63, 3.8) is 0 Å². The van der Waals surface area contributed by atoms with Crippen LogP contribution >= 0.6 is 0 Å². The summed E-state index contributed by atoms with van der Waals surface area (Å²) >= 11 is 0. The average Bonchev–Trinajstić information content (AvgIpc) is 2.69. The van der Waals surface area contributed by atoms with Gasteiger partial charge in [0.1, 0.15) is 5.82 Å². The SMILES string of the molecule is O=C(/C=C/c1ccccc1N1CCN(Cc2ccccc2F)CC1)NO. The van der Waals surface area contributed by atoms with Gasteiger partial charge < -0.3 is 4.90 Å². The van der Waals surface area contributed by atoms with Crippen LogP contribution in [0.3, 0.4) is 0 Å². The van der Waals surface area contributed by atoms with Gasteiger partial charge in [0.15, 0.2) is 0 Å². The molecule has 26 heavy (non-hydrogen) atoms. The molecule has 1 fully saturated rings. The molecule has 0 aliphatic carbocycles. The molecule has 2 aromatic carbocycles. The Hall–Kier alpha value is -2.70. The Bertz CT molecular complexity index is 786. The zero-order valence-electron chi connectivity index (χ0n) is 14.4. The van der Waals surface area contributed by atoms with Crippen molar-refractivity contribution in [1.29, 1.82) is 0 Å².